The fourth-order valence-corrected chi connectivity index (χ4v) is 1.08. The van der Waals surface area contributed by atoms with Crippen molar-refractivity contribution >= 4 is 9.52 Å². The van der Waals surface area contributed by atoms with Crippen LogP contribution in [0.2, 0.25) is 0 Å². The van der Waals surface area contributed by atoms with Gasteiger partial charge in [0.05, 0.1) is 0 Å². The zero-order valence-electron chi connectivity index (χ0n) is 6.39. The molecule has 0 amide bonds. The van der Waals surface area contributed by atoms with E-state index >= 15 is 0 Å². The molecule has 0 N–H and O–H groups in total. The van der Waals surface area contributed by atoms with Crippen molar-refractivity contribution in [3.8, 4) is 0 Å². The van der Waals surface area contributed by atoms with E-state index in [0.717, 1.165) is 5.20 Å². The smallest absolute Gasteiger partial charge is 0.156 e. The van der Waals surface area contributed by atoms with E-state index in [9.17, 15) is 0 Å². The van der Waals surface area contributed by atoms with E-state index in [2.05, 4.69) is 13.2 Å². The average molecular weight is 156 g/mol. The van der Waals surface area contributed by atoms with E-state index in [-0.39, 0.29) is 5.91 Å². The summed E-state index contributed by atoms with van der Waals surface area (Å²) in [5.41, 5.74) is 0. The highest BCUT2D eigenvalue weighted by Gasteiger charge is 2.06. The van der Waals surface area contributed by atoms with Crippen LogP contribution in [0.5, 0.6) is 0 Å². The van der Waals surface area contributed by atoms with Gasteiger partial charge in [-0.3, -0.25) is 0 Å². The van der Waals surface area contributed by atoms with E-state index < -0.39 is 0 Å². The third-order valence-electron chi connectivity index (χ3n) is 0.978. The van der Waals surface area contributed by atoms with E-state index in [1.807, 2.05) is 0 Å². The lowest BCUT2D eigenvalue weighted by Gasteiger charge is -2.11. The number of ether oxygens (including phenoxy) is 2. The Morgan fingerprint density at radius 3 is 2.30 bits per heavy atom. The normalized spacial score (nSPS) is 9.90. The summed E-state index contributed by atoms with van der Waals surface area (Å²) in [4.78, 5) is 0. The van der Waals surface area contributed by atoms with Gasteiger partial charge in [0.25, 0.3) is 0 Å². The van der Waals surface area contributed by atoms with Crippen LogP contribution in [0.15, 0.2) is 24.4 Å². The molecule has 3 heteroatoms. The molecule has 0 spiro atoms. The quantitative estimate of drug-likeness (QED) is 0.335. The summed E-state index contributed by atoms with van der Waals surface area (Å²) in [7, 11) is 3.66. The zero-order chi connectivity index (χ0) is 7.98. The second-order valence-corrected chi connectivity index (χ2v) is 3.08. The van der Waals surface area contributed by atoms with Crippen molar-refractivity contribution in [3.63, 3.8) is 0 Å². The summed E-state index contributed by atoms with van der Waals surface area (Å²) in [6.07, 6.45) is 1.71. The molecule has 0 saturated heterocycles. The van der Waals surface area contributed by atoms with Crippen LogP contribution < -0.4 is 0 Å². The molecule has 10 heavy (non-hydrogen) atoms. The van der Waals surface area contributed by atoms with Crippen LogP contribution in [-0.2, 0) is 9.47 Å². The van der Waals surface area contributed by atoms with Crippen molar-refractivity contribution in [2.45, 2.75) is 5.91 Å². The summed E-state index contributed by atoms with van der Waals surface area (Å²) in [6, 6.07) is 0. The lowest BCUT2D eigenvalue weighted by atomic mass is 10.6. The lowest BCUT2D eigenvalue weighted by Crippen LogP contribution is -2.22. The van der Waals surface area contributed by atoms with Crippen LogP contribution in [-0.4, -0.2) is 29.7 Å². The van der Waals surface area contributed by atoms with Crippen LogP contribution in [0.25, 0.3) is 0 Å². The highest BCUT2D eigenvalue weighted by atomic mass is 28.2. The van der Waals surface area contributed by atoms with Crippen molar-refractivity contribution in [2.24, 2.45) is 0 Å². The highest BCUT2D eigenvalue weighted by molar-refractivity contribution is 6.47. The van der Waals surface area contributed by atoms with Gasteiger partial charge in [0, 0.05) is 14.2 Å². The van der Waals surface area contributed by atoms with Crippen LogP contribution in [0, 0.1) is 0 Å². The van der Waals surface area contributed by atoms with Gasteiger partial charge in [0.15, 0.2) is 9.52 Å². The first-order chi connectivity index (χ1) is 4.74. The summed E-state index contributed by atoms with van der Waals surface area (Å²) in [5, 5.41) is 0.953. The number of allylic oxidation sites excluding steroid dienone is 2. The Balaban J connectivity index is 3.62. The topological polar surface area (TPSA) is 18.5 Å². The minimum Gasteiger partial charge on any atom is -0.360 e. The minimum absolute atomic E-state index is 0.162. The Bertz CT molecular complexity index is 119. The van der Waals surface area contributed by atoms with Crippen molar-refractivity contribution in [1.82, 2.24) is 0 Å². The first-order valence-corrected chi connectivity index (χ1v) is 3.95. The number of hydrogen-bond donors (Lipinski definition) is 0. The predicted molar refractivity (Wildman–Crippen MR) is 42.9 cm³/mol. The number of hydrogen-bond acceptors (Lipinski definition) is 2. The Kier molecular flexibility index (Phi) is 5.20. The molecule has 0 aromatic heterocycles. The highest BCUT2D eigenvalue weighted by Crippen LogP contribution is 1.95. The molecule has 0 aliphatic carbocycles. The molecular weight excluding hydrogens is 144 g/mol. The van der Waals surface area contributed by atoms with E-state index in [1.54, 1.807) is 20.3 Å². The van der Waals surface area contributed by atoms with Crippen molar-refractivity contribution in [2.75, 3.05) is 14.2 Å². The maximum absolute atomic E-state index is 4.95. The largest absolute Gasteiger partial charge is 0.360 e. The second-order valence-electron chi connectivity index (χ2n) is 1.68. The van der Waals surface area contributed by atoms with Gasteiger partial charge in [0.2, 0.25) is 0 Å². The minimum atomic E-state index is -0.162. The molecule has 0 atom stereocenters. The van der Waals surface area contributed by atoms with Crippen LogP contribution >= 0.6 is 0 Å². The van der Waals surface area contributed by atoms with Gasteiger partial charge in [-0.05, 0) is 0 Å². The fraction of sp³-hybridized carbons (Fsp3) is 0.429. The molecule has 56 valence electrons. The standard InChI is InChI=1S/C7H12O2Si/c1-5-6(2)10-7(8-3)9-4/h5,7H,1-2H2,3-4H3. The van der Waals surface area contributed by atoms with E-state index in [1.165, 1.54) is 0 Å². The van der Waals surface area contributed by atoms with Gasteiger partial charge >= 0.3 is 0 Å². The lowest BCUT2D eigenvalue weighted by molar-refractivity contribution is -0.0432. The third kappa shape index (κ3) is 3.61. The third-order valence-corrected chi connectivity index (χ3v) is 2.26. The number of rotatable bonds is 5. The Labute approximate surface area is 64.4 Å². The van der Waals surface area contributed by atoms with Crippen LogP contribution in [0.3, 0.4) is 0 Å². The molecule has 0 aliphatic rings. The Morgan fingerprint density at radius 2 is 2.00 bits per heavy atom. The van der Waals surface area contributed by atoms with Crippen molar-refractivity contribution < 1.29 is 9.47 Å². The molecule has 2 nitrogen and oxygen atoms in total. The first-order valence-electron chi connectivity index (χ1n) is 2.88. The average Bonchev–Trinajstić information content (AvgIpc) is 1.99. The molecule has 0 heterocycles. The number of methoxy groups -OCH3 is 2. The van der Waals surface area contributed by atoms with Crippen LogP contribution in [0.1, 0.15) is 0 Å². The second kappa shape index (κ2) is 5.41. The van der Waals surface area contributed by atoms with E-state index in [4.69, 9.17) is 9.47 Å². The molecule has 0 aromatic carbocycles. The van der Waals surface area contributed by atoms with Gasteiger partial charge in [0.1, 0.15) is 5.91 Å². The summed E-state index contributed by atoms with van der Waals surface area (Å²) in [6.45, 7) is 7.32. The molecule has 0 aliphatic heterocycles. The summed E-state index contributed by atoms with van der Waals surface area (Å²) < 4.78 is 9.91. The van der Waals surface area contributed by atoms with Crippen molar-refractivity contribution in [1.29, 1.82) is 0 Å². The van der Waals surface area contributed by atoms with E-state index in [0.29, 0.717) is 9.52 Å². The predicted octanol–water partition coefficient (Wildman–Crippen LogP) is 0.967. The summed E-state index contributed by atoms with van der Waals surface area (Å²) >= 11 is 0. The maximum atomic E-state index is 4.95. The monoisotopic (exact) mass is 156 g/mol. The van der Waals surface area contributed by atoms with Gasteiger partial charge in [-0.25, -0.2) is 0 Å². The Hall–Kier alpha value is -0.383. The van der Waals surface area contributed by atoms with Gasteiger partial charge in [-0.1, -0.05) is 17.9 Å². The maximum Gasteiger partial charge on any atom is 0.156 e. The molecule has 2 radical (unpaired) electrons. The summed E-state index contributed by atoms with van der Waals surface area (Å²) in [5.74, 6) is -0.162. The Morgan fingerprint density at radius 1 is 1.50 bits per heavy atom. The molecule has 0 unspecified atom stereocenters. The molecule has 0 bridgehead atoms. The molecule has 0 aromatic rings. The van der Waals surface area contributed by atoms with Crippen molar-refractivity contribution in [3.05, 3.63) is 24.4 Å². The molecule has 0 fully saturated rings. The molecule has 0 rings (SSSR count). The fourth-order valence-electron chi connectivity index (χ4n) is 0.424. The SMILES string of the molecule is C=CC(=C)[Si]C(OC)OC. The molecule has 0 saturated carbocycles. The van der Waals surface area contributed by atoms with Gasteiger partial charge < -0.3 is 9.47 Å². The first kappa shape index (κ1) is 9.62. The molecular formula is C7H12O2Si. The van der Waals surface area contributed by atoms with Crippen LogP contribution in [0.4, 0.5) is 0 Å². The van der Waals surface area contributed by atoms with Gasteiger partial charge in [-0.2, -0.15) is 0 Å². The zero-order valence-corrected chi connectivity index (χ0v) is 7.39. The van der Waals surface area contributed by atoms with Gasteiger partial charge in [-0.15, -0.1) is 6.58 Å².